The van der Waals surface area contributed by atoms with Gasteiger partial charge in [0.2, 0.25) is 10.0 Å². The Balaban J connectivity index is 1.78. The molecule has 0 radical (unpaired) electrons. The molecule has 0 bridgehead atoms. The van der Waals surface area contributed by atoms with Crippen LogP contribution in [0.15, 0.2) is 39.8 Å². The third kappa shape index (κ3) is 6.35. The van der Waals surface area contributed by atoms with Gasteiger partial charge in [0, 0.05) is 17.6 Å². The van der Waals surface area contributed by atoms with Crippen molar-refractivity contribution in [1.29, 1.82) is 0 Å². The summed E-state index contributed by atoms with van der Waals surface area (Å²) in [7, 11) is -3.77. The number of benzene rings is 1. The lowest BCUT2D eigenvalue weighted by Crippen LogP contribution is -2.32. The Morgan fingerprint density at radius 3 is 2.56 bits per heavy atom. The van der Waals surface area contributed by atoms with Crippen molar-refractivity contribution in [3.63, 3.8) is 0 Å². The molecule has 0 unspecified atom stereocenters. The van der Waals surface area contributed by atoms with Crippen molar-refractivity contribution >= 4 is 39.3 Å². The number of esters is 1. The molecule has 0 aliphatic rings. The van der Waals surface area contributed by atoms with Crippen molar-refractivity contribution in [1.82, 2.24) is 9.88 Å². The summed E-state index contributed by atoms with van der Waals surface area (Å²) >= 11 is 5.72. The molecule has 1 atom stereocenters. The maximum Gasteiger partial charge on any atom is 0.307 e. The number of anilines is 1. The molecule has 0 aliphatic heterocycles. The first-order chi connectivity index (χ1) is 12.7. The van der Waals surface area contributed by atoms with Gasteiger partial charge >= 0.3 is 5.97 Å². The maximum atomic E-state index is 12.1. The van der Waals surface area contributed by atoms with Crippen LogP contribution >= 0.6 is 11.6 Å². The Hall–Kier alpha value is -2.43. The minimum absolute atomic E-state index is 0.0240. The number of ether oxygens (including phenoxy) is 1. The van der Waals surface area contributed by atoms with Gasteiger partial charge in [-0.2, -0.15) is 0 Å². The van der Waals surface area contributed by atoms with Crippen LogP contribution in [0.25, 0.3) is 0 Å². The average Bonchev–Trinajstić information content (AvgIpc) is 2.99. The van der Waals surface area contributed by atoms with Gasteiger partial charge in [0.1, 0.15) is 5.76 Å². The number of aryl methyl sites for hydroxylation is 1. The molecule has 0 saturated carbocycles. The number of rotatable bonds is 8. The number of hydrogen-bond acceptors (Lipinski definition) is 7. The van der Waals surface area contributed by atoms with Crippen LogP contribution in [0.2, 0.25) is 5.02 Å². The van der Waals surface area contributed by atoms with E-state index in [2.05, 4.69) is 15.2 Å². The summed E-state index contributed by atoms with van der Waals surface area (Å²) in [6, 6.07) is 7.10. The monoisotopic (exact) mass is 415 g/mol. The summed E-state index contributed by atoms with van der Waals surface area (Å²) in [6.07, 6.45) is -1.32. The predicted molar refractivity (Wildman–Crippen MR) is 96.7 cm³/mol. The van der Waals surface area contributed by atoms with Crippen LogP contribution in [-0.2, 0) is 24.3 Å². The van der Waals surface area contributed by atoms with Crippen molar-refractivity contribution < 1.29 is 27.3 Å². The highest BCUT2D eigenvalue weighted by molar-refractivity contribution is 7.89. The normalized spacial score (nSPS) is 12.4. The molecule has 1 heterocycles. The van der Waals surface area contributed by atoms with Crippen molar-refractivity contribution in [3.8, 4) is 0 Å². The minimum atomic E-state index is -3.77. The molecule has 1 aromatic heterocycles. The number of hydrogen-bond donors (Lipinski definition) is 2. The molecular weight excluding hydrogens is 398 g/mol. The molecular formula is C16H18ClN3O6S. The smallest absolute Gasteiger partial charge is 0.307 e. The largest absolute Gasteiger partial charge is 0.452 e. The van der Waals surface area contributed by atoms with Gasteiger partial charge in [0.05, 0.1) is 11.3 Å². The zero-order valence-corrected chi connectivity index (χ0v) is 16.1. The quantitative estimate of drug-likeness (QED) is 0.630. The van der Waals surface area contributed by atoms with E-state index in [4.69, 9.17) is 20.9 Å². The first-order valence-corrected chi connectivity index (χ1v) is 9.72. The van der Waals surface area contributed by atoms with Gasteiger partial charge in [0.25, 0.3) is 5.91 Å². The molecule has 1 amide bonds. The fourth-order valence-corrected chi connectivity index (χ4v) is 3.11. The van der Waals surface area contributed by atoms with Crippen molar-refractivity contribution in [2.24, 2.45) is 0 Å². The molecule has 0 aliphatic carbocycles. The van der Waals surface area contributed by atoms with Crippen LogP contribution in [-0.4, -0.2) is 38.1 Å². The number of carbonyl (C=O) groups is 2. The second-order valence-electron chi connectivity index (χ2n) is 5.55. The van der Waals surface area contributed by atoms with Crippen LogP contribution < -0.4 is 10.0 Å². The maximum absolute atomic E-state index is 12.1. The highest BCUT2D eigenvalue weighted by Gasteiger charge is 2.20. The number of halogens is 1. The van der Waals surface area contributed by atoms with Crippen LogP contribution in [0.4, 0.5) is 5.82 Å². The number of nitrogens with one attached hydrogen (secondary N) is 2. The highest BCUT2D eigenvalue weighted by Crippen LogP contribution is 2.14. The lowest BCUT2D eigenvalue weighted by atomic mass is 10.3. The molecule has 9 nitrogen and oxygen atoms in total. The Bertz CT molecular complexity index is 910. The van der Waals surface area contributed by atoms with Gasteiger partial charge in [-0.15, -0.1) is 0 Å². The Kier molecular flexibility index (Phi) is 6.94. The zero-order chi connectivity index (χ0) is 20.0. The fraction of sp³-hybridized carbons (Fsp3) is 0.312. The van der Waals surface area contributed by atoms with E-state index < -0.39 is 28.0 Å². The Labute approximate surface area is 161 Å². The van der Waals surface area contributed by atoms with E-state index in [-0.39, 0.29) is 23.7 Å². The first-order valence-electron chi connectivity index (χ1n) is 7.86. The number of nitrogens with zero attached hydrogens (tertiary/aromatic N) is 1. The van der Waals surface area contributed by atoms with E-state index >= 15 is 0 Å². The van der Waals surface area contributed by atoms with E-state index in [0.29, 0.717) is 10.8 Å². The predicted octanol–water partition coefficient (Wildman–Crippen LogP) is 1.88. The topological polar surface area (TPSA) is 128 Å². The standard InChI is InChI=1S/C16H18ClN3O6S/c1-10-9-14(20-26-10)19-16(22)11(2)25-15(21)7-8-18-27(23,24)13-5-3-12(17)4-6-13/h3-6,9,11,18H,7-8H2,1-2H3,(H,19,20,22)/t11-/m1/s1. The van der Waals surface area contributed by atoms with E-state index in [9.17, 15) is 18.0 Å². The summed E-state index contributed by atoms with van der Waals surface area (Å²) in [6.45, 7) is 2.87. The number of sulfonamides is 1. The Morgan fingerprint density at radius 1 is 1.30 bits per heavy atom. The molecule has 11 heteroatoms. The van der Waals surface area contributed by atoms with Crippen LogP contribution in [0, 0.1) is 6.92 Å². The second kappa shape index (κ2) is 8.98. The molecule has 0 fully saturated rings. The lowest BCUT2D eigenvalue weighted by molar-refractivity contribution is -0.152. The summed E-state index contributed by atoms with van der Waals surface area (Å²) in [5, 5.41) is 6.43. The molecule has 2 aromatic rings. The van der Waals surface area contributed by atoms with Crippen molar-refractivity contribution in [2.45, 2.75) is 31.3 Å². The molecule has 2 N–H and O–H groups in total. The van der Waals surface area contributed by atoms with Gasteiger partial charge in [-0.05, 0) is 38.1 Å². The highest BCUT2D eigenvalue weighted by atomic mass is 35.5. The van der Waals surface area contributed by atoms with E-state index in [1.165, 1.54) is 37.3 Å². The second-order valence-corrected chi connectivity index (χ2v) is 7.75. The third-order valence-electron chi connectivity index (χ3n) is 3.30. The molecule has 0 saturated heterocycles. The molecule has 0 spiro atoms. The molecule has 27 heavy (non-hydrogen) atoms. The van der Waals surface area contributed by atoms with E-state index in [1.54, 1.807) is 6.92 Å². The average molecular weight is 416 g/mol. The van der Waals surface area contributed by atoms with Crippen molar-refractivity contribution in [2.75, 3.05) is 11.9 Å². The van der Waals surface area contributed by atoms with Crippen molar-refractivity contribution in [3.05, 3.63) is 41.1 Å². The third-order valence-corrected chi connectivity index (χ3v) is 5.03. The summed E-state index contributed by atoms with van der Waals surface area (Å²) < 4.78 is 36.2. The van der Waals surface area contributed by atoms with E-state index in [1.807, 2.05) is 0 Å². The summed E-state index contributed by atoms with van der Waals surface area (Å²) in [5.41, 5.74) is 0. The molecule has 1 aromatic carbocycles. The van der Waals surface area contributed by atoms with Crippen LogP contribution in [0.1, 0.15) is 19.1 Å². The summed E-state index contributed by atoms with van der Waals surface area (Å²) in [5.74, 6) is -0.592. The minimum Gasteiger partial charge on any atom is -0.452 e. The Morgan fingerprint density at radius 2 is 1.96 bits per heavy atom. The van der Waals surface area contributed by atoms with Gasteiger partial charge in [-0.25, -0.2) is 13.1 Å². The number of amides is 1. The van der Waals surface area contributed by atoms with Gasteiger partial charge in [-0.3, -0.25) is 9.59 Å². The fourth-order valence-electron chi connectivity index (χ4n) is 1.95. The van der Waals surface area contributed by atoms with Gasteiger partial charge in [0.15, 0.2) is 11.9 Å². The van der Waals surface area contributed by atoms with Crippen LogP contribution in [0.5, 0.6) is 0 Å². The van der Waals surface area contributed by atoms with Crippen LogP contribution in [0.3, 0.4) is 0 Å². The summed E-state index contributed by atoms with van der Waals surface area (Å²) in [4.78, 5) is 23.7. The van der Waals surface area contributed by atoms with E-state index in [0.717, 1.165) is 0 Å². The van der Waals surface area contributed by atoms with Gasteiger partial charge in [-0.1, -0.05) is 16.8 Å². The molecule has 146 valence electrons. The van der Waals surface area contributed by atoms with Gasteiger partial charge < -0.3 is 14.6 Å². The lowest BCUT2D eigenvalue weighted by Gasteiger charge is -2.12. The number of carbonyl (C=O) groups excluding carboxylic acids is 2. The zero-order valence-electron chi connectivity index (χ0n) is 14.6. The SMILES string of the molecule is Cc1cc(NC(=O)[C@@H](C)OC(=O)CCNS(=O)(=O)c2ccc(Cl)cc2)no1. The first kappa shape index (κ1) is 20.9. The number of aromatic nitrogens is 1. The molecule has 2 rings (SSSR count).